The largest absolute Gasteiger partial charge is 0.497 e. The number of rotatable bonds is 7. The summed E-state index contributed by atoms with van der Waals surface area (Å²) in [4.78, 5) is 11.7. The third kappa shape index (κ3) is 5.72. The Bertz CT molecular complexity index is 389. The van der Waals surface area contributed by atoms with Crippen molar-refractivity contribution in [1.82, 2.24) is 5.32 Å². The predicted octanol–water partition coefficient (Wildman–Crippen LogP) is 1.21. The van der Waals surface area contributed by atoms with E-state index in [1.54, 1.807) is 31.4 Å². The van der Waals surface area contributed by atoms with Crippen molar-refractivity contribution in [2.24, 2.45) is 0 Å². The molecule has 0 saturated carbocycles. The first-order valence-corrected chi connectivity index (χ1v) is 6.25. The molecule has 106 valence electrons. The SMILES string of the molecule is COc1ccc(C(=O)OC[C@@H](O)CNC(C)C)cc1. The lowest BCUT2D eigenvalue weighted by molar-refractivity contribution is 0.0256. The molecule has 0 aliphatic heterocycles. The lowest BCUT2D eigenvalue weighted by Crippen LogP contribution is -2.35. The van der Waals surface area contributed by atoms with Gasteiger partial charge < -0.3 is 19.9 Å². The second-order valence-corrected chi connectivity index (χ2v) is 4.54. The molecule has 1 rings (SSSR count). The number of carbonyl (C=O) groups excluding carboxylic acids is 1. The zero-order valence-electron chi connectivity index (χ0n) is 11.6. The molecule has 0 bridgehead atoms. The Kier molecular flexibility index (Phi) is 6.32. The highest BCUT2D eigenvalue weighted by atomic mass is 16.5. The van der Waals surface area contributed by atoms with Gasteiger partial charge in [-0.25, -0.2) is 4.79 Å². The first kappa shape index (κ1) is 15.5. The second-order valence-electron chi connectivity index (χ2n) is 4.54. The Morgan fingerprint density at radius 3 is 2.47 bits per heavy atom. The molecule has 0 unspecified atom stereocenters. The summed E-state index contributed by atoms with van der Waals surface area (Å²) in [6.45, 7) is 4.34. The van der Waals surface area contributed by atoms with Crippen molar-refractivity contribution in [2.45, 2.75) is 26.0 Å². The first-order valence-electron chi connectivity index (χ1n) is 6.25. The third-order valence-electron chi connectivity index (χ3n) is 2.49. The van der Waals surface area contributed by atoms with Crippen LogP contribution >= 0.6 is 0 Å². The summed E-state index contributed by atoms with van der Waals surface area (Å²) in [5.74, 6) is 0.226. The van der Waals surface area contributed by atoms with Crippen LogP contribution < -0.4 is 10.1 Å². The average molecular weight is 267 g/mol. The van der Waals surface area contributed by atoms with E-state index in [-0.39, 0.29) is 12.6 Å². The van der Waals surface area contributed by atoms with Crippen molar-refractivity contribution in [3.05, 3.63) is 29.8 Å². The van der Waals surface area contributed by atoms with Gasteiger partial charge in [-0.2, -0.15) is 0 Å². The Hall–Kier alpha value is -1.59. The summed E-state index contributed by atoms with van der Waals surface area (Å²) in [7, 11) is 1.56. The minimum absolute atomic E-state index is 0.0232. The van der Waals surface area contributed by atoms with Gasteiger partial charge in [0.05, 0.1) is 12.7 Å². The molecule has 2 N–H and O–H groups in total. The lowest BCUT2D eigenvalue weighted by Gasteiger charge is -2.14. The number of hydrogen-bond donors (Lipinski definition) is 2. The van der Waals surface area contributed by atoms with Crippen molar-refractivity contribution < 1.29 is 19.4 Å². The van der Waals surface area contributed by atoms with Crippen LogP contribution in [0.4, 0.5) is 0 Å². The van der Waals surface area contributed by atoms with Gasteiger partial charge in [-0.05, 0) is 24.3 Å². The molecular formula is C14H21NO4. The lowest BCUT2D eigenvalue weighted by atomic mass is 10.2. The Morgan fingerprint density at radius 1 is 1.32 bits per heavy atom. The maximum absolute atomic E-state index is 11.7. The van der Waals surface area contributed by atoms with E-state index in [9.17, 15) is 9.90 Å². The molecule has 19 heavy (non-hydrogen) atoms. The Balaban J connectivity index is 2.37. The number of ether oxygens (including phenoxy) is 2. The molecule has 0 heterocycles. The zero-order chi connectivity index (χ0) is 14.3. The van der Waals surface area contributed by atoms with Crippen LogP contribution in [-0.2, 0) is 4.74 Å². The molecule has 5 nitrogen and oxygen atoms in total. The van der Waals surface area contributed by atoms with E-state index in [1.165, 1.54) is 0 Å². The van der Waals surface area contributed by atoms with Gasteiger partial charge in [0.25, 0.3) is 0 Å². The molecule has 5 heteroatoms. The van der Waals surface area contributed by atoms with E-state index < -0.39 is 12.1 Å². The van der Waals surface area contributed by atoms with E-state index in [1.807, 2.05) is 13.8 Å². The van der Waals surface area contributed by atoms with Crippen LogP contribution in [0.5, 0.6) is 5.75 Å². The third-order valence-corrected chi connectivity index (χ3v) is 2.49. The van der Waals surface area contributed by atoms with E-state index in [4.69, 9.17) is 9.47 Å². The van der Waals surface area contributed by atoms with Gasteiger partial charge in [0.2, 0.25) is 0 Å². The van der Waals surface area contributed by atoms with Gasteiger partial charge in [-0.1, -0.05) is 13.8 Å². The van der Waals surface area contributed by atoms with Crippen LogP contribution in [0.25, 0.3) is 0 Å². The minimum Gasteiger partial charge on any atom is -0.497 e. The summed E-state index contributed by atoms with van der Waals surface area (Å²) in [6, 6.07) is 6.91. The fourth-order valence-corrected chi connectivity index (χ4v) is 1.41. The van der Waals surface area contributed by atoms with E-state index in [0.717, 1.165) is 0 Å². The molecular weight excluding hydrogens is 246 g/mol. The van der Waals surface area contributed by atoms with Gasteiger partial charge in [0, 0.05) is 12.6 Å². The van der Waals surface area contributed by atoms with Crippen molar-refractivity contribution in [3.63, 3.8) is 0 Å². The van der Waals surface area contributed by atoms with Crippen molar-refractivity contribution >= 4 is 5.97 Å². The van der Waals surface area contributed by atoms with E-state index in [0.29, 0.717) is 17.9 Å². The Labute approximate surface area is 113 Å². The summed E-state index contributed by atoms with van der Waals surface area (Å²) < 4.78 is 10.0. The highest BCUT2D eigenvalue weighted by molar-refractivity contribution is 5.89. The van der Waals surface area contributed by atoms with Gasteiger partial charge in [0.1, 0.15) is 18.5 Å². The molecule has 0 amide bonds. The van der Waals surface area contributed by atoms with E-state index in [2.05, 4.69) is 5.32 Å². The van der Waals surface area contributed by atoms with Gasteiger partial charge in [-0.3, -0.25) is 0 Å². The predicted molar refractivity (Wildman–Crippen MR) is 72.4 cm³/mol. The van der Waals surface area contributed by atoms with Crippen LogP contribution in [0, 0.1) is 0 Å². The molecule has 0 aliphatic carbocycles. The van der Waals surface area contributed by atoms with Crippen molar-refractivity contribution in [1.29, 1.82) is 0 Å². The maximum Gasteiger partial charge on any atom is 0.338 e. The topological polar surface area (TPSA) is 67.8 Å². The van der Waals surface area contributed by atoms with Gasteiger partial charge in [0.15, 0.2) is 0 Å². The van der Waals surface area contributed by atoms with Crippen molar-refractivity contribution in [3.8, 4) is 5.75 Å². The van der Waals surface area contributed by atoms with Crippen LogP contribution in [0.2, 0.25) is 0 Å². The van der Waals surface area contributed by atoms with Crippen LogP contribution in [0.3, 0.4) is 0 Å². The number of nitrogens with one attached hydrogen (secondary N) is 1. The highest BCUT2D eigenvalue weighted by Gasteiger charge is 2.11. The summed E-state index contributed by atoms with van der Waals surface area (Å²) in [5, 5.41) is 12.7. The minimum atomic E-state index is -0.704. The standard InChI is InChI=1S/C14H21NO4/c1-10(2)15-8-12(16)9-19-14(17)11-4-6-13(18-3)7-5-11/h4-7,10,12,15-16H,8-9H2,1-3H3/t12-/m0/s1. The number of aliphatic hydroxyl groups is 1. The van der Waals surface area contributed by atoms with E-state index >= 15 is 0 Å². The quantitative estimate of drug-likeness (QED) is 0.727. The Morgan fingerprint density at radius 2 is 1.95 bits per heavy atom. The normalized spacial score (nSPS) is 12.3. The summed E-state index contributed by atoms with van der Waals surface area (Å²) >= 11 is 0. The first-order chi connectivity index (χ1) is 9.02. The monoisotopic (exact) mass is 267 g/mol. The second kappa shape index (κ2) is 7.76. The summed E-state index contributed by atoms with van der Waals surface area (Å²) in [5.41, 5.74) is 0.435. The zero-order valence-corrected chi connectivity index (χ0v) is 11.6. The van der Waals surface area contributed by atoms with Crippen LogP contribution in [-0.4, -0.2) is 43.5 Å². The molecule has 0 aromatic heterocycles. The van der Waals surface area contributed by atoms with Crippen LogP contribution in [0.15, 0.2) is 24.3 Å². The molecule has 0 fully saturated rings. The van der Waals surface area contributed by atoms with Crippen molar-refractivity contribution in [2.75, 3.05) is 20.3 Å². The molecule has 1 aromatic rings. The number of hydrogen-bond acceptors (Lipinski definition) is 5. The molecule has 0 aliphatic rings. The molecule has 1 atom stereocenters. The van der Waals surface area contributed by atoms with Gasteiger partial charge in [-0.15, -0.1) is 0 Å². The molecule has 0 spiro atoms. The van der Waals surface area contributed by atoms with Crippen LogP contribution in [0.1, 0.15) is 24.2 Å². The average Bonchev–Trinajstić information content (AvgIpc) is 2.42. The molecule has 0 saturated heterocycles. The van der Waals surface area contributed by atoms with Gasteiger partial charge >= 0.3 is 5.97 Å². The molecule has 0 radical (unpaired) electrons. The number of aliphatic hydroxyl groups excluding tert-OH is 1. The highest BCUT2D eigenvalue weighted by Crippen LogP contribution is 2.12. The number of methoxy groups -OCH3 is 1. The number of carbonyl (C=O) groups is 1. The smallest absolute Gasteiger partial charge is 0.338 e. The number of esters is 1. The maximum atomic E-state index is 11.7. The fourth-order valence-electron chi connectivity index (χ4n) is 1.41. The fraction of sp³-hybridized carbons (Fsp3) is 0.500. The molecule has 1 aromatic carbocycles. The summed E-state index contributed by atoms with van der Waals surface area (Å²) in [6.07, 6.45) is -0.704. The number of benzene rings is 1.